The fraction of sp³-hybridized carbons (Fsp3) is 0.556. The maximum atomic E-state index is 15.1. The fourth-order valence-corrected chi connectivity index (χ4v) is 14.0. The summed E-state index contributed by atoms with van der Waals surface area (Å²) >= 11 is 0. The van der Waals surface area contributed by atoms with Crippen molar-refractivity contribution in [3.05, 3.63) is 72.1 Å². The average molecular weight is 1560 g/mol. The molecule has 35 nitrogen and oxygen atoms in total. The number of fused-ring (bicyclic) bond motifs is 2. The van der Waals surface area contributed by atoms with E-state index in [9.17, 15) is 92.3 Å². The number of para-hydroxylation sites is 2. The summed E-state index contributed by atoms with van der Waals surface area (Å²) in [6.45, 7) is 17.8. The molecule has 5 rings (SSSR count). The van der Waals surface area contributed by atoms with Crippen LogP contribution in [0.1, 0.15) is 133 Å². The van der Waals surface area contributed by atoms with Gasteiger partial charge in [0, 0.05) is 71.9 Å². The summed E-state index contributed by atoms with van der Waals surface area (Å²) < 4.78 is 0. The van der Waals surface area contributed by atoms with Crippen molar-refractivity contribution >= 4 is 138 Å². The lowest BCUT2D eigenvalue weighted by Gasteiger charge is -2.30. The van der Waals surface area contributed by atoms with Crippen molar-refractivity contribution in [3.63, 3.8) is 0 Å². The van der Waals surface area contributed by atoms with Crippen molar-refractivity contribution < 1.29 is 97.1 Å². The van der Waals surface area contributed by atoms with Crippen LogP contribution in [0, 0.1) is 23.2 Å². The minimum Gasteiger partial charge on any atom is -0.481 e. The van der Waals surface area contributed by atoms with Crippen LogP contribution in [-0.2, 0) is 89.6 Å². The predicted molar refractivity (Wildman–Crippen MR) is 403 cm³/mol. The van der Waals surface area contributed by atoms with Gasteiger partial charge in [-0.25, -0.2) is 4.79 Å². The highest BCUT2D eigenvalue weighted by atomic mass is 33.1. The van der Waals surface area contributed by atoms with Crippen molar-refractivity contribution in [1.29, 1.82) is 0 Å². The van der Waals surface area contributed by atoms with Gasteiger partial charge in [-0.2, -0.15) is 0 Å². The van der Waals surface area contributed by atoms with Crippen LogP contribution in [0.5, 0.6) is 0 Å². The Labute approximate surface area is 637 Å². The molecule has 0 bridgehead atoms. The number of nitrogens with one attached hydrogen (secondary N) is 15. The first kappa shape index (κ1) is 89.3. The summed E-state index contributed by atoms with van der Waals surface area (Å²) in [5.74, 6) is -20.1. The maximum absolute atomic E-state index is 15.1. The van der Waals surface area contributed by atoms with Gasteiger partial charge in [0.25, 0.3) is 0 Å². The van der Waals surface area contributed by atoms with E-state index in [1.54, 1.807) is 123 Å². The SMILES string of the molecule is CC(=O)N[C@@H](CC(=O)O)C(=O)N[C@H]1CSSC[C@@H](C(=O)N[C@H](C(=O)O)[C@@H](C)O)NC(=O)[C@H](Cc2c[nH]c3ccccc23)NC(=O)[C@H](C(C)C)NC(=O)[C@H](CC(C)C)NC(=O)[C@H](CCC(=O)O)NC(=O)CNC(=O)[C@H](CC(C)C)NC(=O)[C@H](CC(C)(C)C)NC(=O)[C@H](Cc2c[nH]c3ccccc23)NC(=O)[C@H](C)NC1=O. The van der Waals surface area contributed by atoms with E-state index in [1.165, 1.54) is 6.92 Å². The van der Waals surface area contributed by atoms with Gasteiger partial charge >= 0.3 is 17.9 Å². The third-order valence-electron chi connectivity index (χ3n) is 17.3. The minimum absolute atomic E-state index is 0.0248. The third kappa shape index (κ3) is 29.0. The third-order valence-corrected chi connectivity index (χ3v) is 19.7. The number of aromatic amines is 2. The summed E-state index contributed by atoms with van der Waals surface area (Å²) in [6, 6.07) is -5.63. The lowest BCUT2D eigenvalue weighted by Crippen LogP contribution is -2.61. The number of hydrogen-bond donors (Lipinski definition) is 19. The fourth-order valence-electron chi connectivity index (χ4n) is 11.7. The molecule has 3 heterocycles. The molecule has 109 heavy (non-hydrogen) atoms. The monoisotopic (exact) mass is 1560 g/mol. The molecule has 13 amide bonds. The zero-order valence-electron chi connectivity index (χ0n) is 62.9. The number of aliphatic carboxylic acids is 3. The van der Waals surface area contributed by atoms with Gasteiger partial charge in [0.1, 0.15) is 66.5 Å². The van der Waals surface area contributed by atoms with Gasteiger partial charge in [-0.3, -0.25) is 71.9 Å². The van der Waals surface area contributed by atoms with E-state index in [-0.39, 0.29) is 43.9 Å². The number of carboxylic acid groups (broad SMARTS) is 3. The molecular weight excluding hydrogens is 1460 g/mol. The molecule has 1 aliphatic heterocycles. The Morgan fingerprint density at radius 3 is 1.54 bits per heavy atom. The quantitative estimate of drug-likeness (QED) is 0.0453. The van der Waals surface area contributed by atoms with E-state index in [0.717, 1.165) is 35.4 Å². The van der Waals surface area contributed by atoms with Crippen LogP contribution in [0.3, 0.4) is 0 Å². The van der Waals surface area contributed by atoms with Crippen LogP contribution in [0.25, 0.3) is 21.8 Å². The first-order chi connectivity index (χ1) is 51.1. The smallest absolute Gasteiger partial charge is 0.328 e. The molecule has 1 saturated heterocycles. The molecule has 37 heteroatoms. The van der Waals surface area contributed by atoms with Crippen molar-refractivity contribution in [2.75, 3.05) is 18.1 Å². The number of aliphatic hydroxyl groups is 1. The van der Waals surface area contributed by atoms with Crippen LogP contribution in [-0.4, -0.2) is 222 Å². The topological polar surface area (TPSA) is 542 Å². The molecule has 19 N–H and O–H groups in total. The largest absolute Gasteiger partial charge is 0.481 e. The molecule has 0 radical (unpaired) electrons. The normalized spacial score (nSPS) is 23.1. The van der Waals surface area contributed by atoms with Crippen LogP contribution in [0.2, 0.25) is 0 Å². The molecule has 0 unspecified atom stereocenters. The molecule has 598 valence electrons. The number of benzene rings is 2. The Kier molecular flexibility index (Phi) is 34.3. The van der Waals surface area contributed by atoms with Crippen LogP contribution >= 0.6 is 21.6 Å². The number of carbonyl (C=O) groups excluding carboxylic acids is 13. The highest BCUT2D eigenvalue weighted by Gasteiger charge is 2.39. The number of aromatic nitrogens is 2. The first-order valence-corrected chi connectivity index (χ1v) is 38.2. The molecule has 2 aromatic heterocycles. The maximum Gasteiger partial charge on any atom is 0.328 e. The van der Waals surface area contributed by atoms with Gasteiger partial charge in [0.2, 0.25) is 76.8 Å². The van der Waals surface area contributed by atoms with Gasteiger partial charge in [-0.1, -0.05) is 120 Å². The number of carboxylic acids is 3. The second kappa shape index (κ2) is 41.9. The van der Waals surface area contributed by atoms with Gasteiger partial charge in [0.15, 0.2) is 6.04 Å². The number of hydrogen-bond acceptors (Lipinski definition) is 19. The van der Waals surface area contributed by atoms with E-state index in [2.05, 4.69) is 79.1 Å². The average Bonchev–Trinajstić information content (AvgIpc) is 1.74. The van der Waals surface area contributed by atoms with Crippen LogP contribution in [0.15, 0.2) is 60.9 Å². The molecule has 0 aliphatic carbocycles. The summed E-state index contributed by atoms with van der Waals surface area (Å²) in [5.41, 5.74) is 1.50. The first-order valence-electron chi connectivity index (χ1n) is 35.7. The van der Waals surface area contributed by atoms with Crippen LogP contribution < -0.4 is 69.1 Å². The lowest BCUT2D eigenvalue weighted by molar-refractivity contribution is -0.145. The number of H-pyrrole nitrogens is 2. The standard InChI is InChI=1S/C72H103N15O20S2/c1-34(2)23-47-61(96)75-31-55(90)78-46(21-22-56(91)92)62(97)81-48(24-35(3)4)66(101)86-58(36(5)6)70(105)82-50(26-41-30-74-45-20-16-14-18-43(41)45)64(99)85-54(69(104)87-59(38(8)88)71(106)107)33-109-108-32-53(84-65(100)51(27-57(93)94)77-39(9)89)68(103)76-37(7)60(95)79-49(25-40-29-73-44-19-15-13-17-42(40)44)63(98)83-52(67(102)80-47)28-72(10,11)12/h13-20,29-30,34-38,46-54,58-59,73-74,88H,21-28,31-33H2,1-12H3,(H,75,96)(H,76,103)(H,77,89)(H,78,90)(H,79,95)(H,80,102)(H,81,97)(H,82,105)(H,83,98)(H,84,100)(H,85,99)(H,86,101)(H,87,104)(H,91,92)(H,93,94)(H,106,107)/t37-,38+,46-,47-,48-,49-,50-,51-,52-,53-,54-,58-,59-/m0/s1. The minimum atomic E-state index is -1.97. The highest BCUT2D eigenvalue weighted by molar-refractivity contribution is 8.76. The van der Waals surface area contributed by atoms with Crippen molar-refractivity contribution in [2.45, 2.75) is 213 Å². The number of rotatable bonds is 22. The molecule has 2 aromatic carbocycles. The predicted octanol–water partition coefficient (Wildman–Crippen LogP) is -0.208. The molecule has 4 aromatic rings. The Morgan fingerprint density at radius 2 is 1.04 bits per heavy atom. The zero-order valence-corrected chi connectivity index (χ0v) is 64.6. The number of amides is 13. The van der Waals surface area contributed by atoms with Gasteiger partial charge in [0.05, 0.1) is 19.1 Å². The van der Waals surface area contributed by atoms with Crippen LogP contribution in [0.4, 0.5) is 0 Å². The highest BCUT2D eigenvalue weighted by Crippen LogP contribution is 2.27. The van der Waals surface area contributed by atoms with Gasteiger partial charge in [-0.05, 0) is 86.0 Å². The van der Waals surface area contributed by atoms with E-state index in [0.29, 0.717) is 32.9 Å². The van der Waals surface area contributed by atoms with Crippen molar-refractivity contribution in [3.8, 4) is 0 Å². The van der Waals surface area contributed by atoms with Gasteiger partial charge in [-0.15, -0.1) is 0 Å². The van der Waals surface area contributed by atoms with E-state index >= 15 is 4.79 Å². The zero-order chi connectivity index (χ0) is 81.3. The lowest BCUT2D eigenvalue weighted by atomic mass is 9.87. The molecule has 0 spiro atoms. The number of carbonyl (C=O) groups is 16. The molecule has 0 saturated carbocycles. The Morgan fingerprint density at radius 1 is 0.550 bits per heavy atom. The Bertz CT molecular complexity index is 3930. The molecular formula is C72H103N15O20S2. The Hall–Kier alpha value is -10.3. The number of aliphatic hydroxyl groups excluding tert-OH is 1. The van der Waals surface area contributed by atoms with E-state index < -0.39 is 222 Å². The summed E-state index contributed by atoms with van der Waals surface area (Å²) in [6.07, 6.45) is -1.48. The second-order valence-electron chi connectivity index (χ2n) is 29.3. The second-order valence-corrected chi connectivity index (χ2v) is 31.8. The Balaban J connectivity index is 1.66. The van der Waals surface area contributed by atoms with Crippen molar-refractivity contribution in [2.24, 2.45) is 23.2 Å². The van der Waals surface area contributed by atoms with E-state index in [1.807, 2.05) is 0 Å². The van der Waals surface area contributed by atoms with Gasteiger partial charge < -0.3 is 99.5 Å². The molecule has 1 fully saturated rings. The summed E-state index contributed by atoms with van der Waals surface area (Å²) in [4.78, 5) is 229. The summed E-state index contributed by atoms with van der Waals surface area (Å²) in [5, 5.41) is 74.1. The molecule has 1 aliphatic rings. The van der Waals surface area contributed by atoms with E-state index in [4.69, 9.17) is 0 Å². The van der Waals surface area contributed by atoms with Crippen molar-refractivity contribution in [1.82, 2.24) is 79.1 Å². The summed E-state index contributed by atoms with van der Waals surface area (Å²) in [7, 11) is 1.50. The molecule has 13 atom stereocenters.